The molecule has 1 saturated carbocycles. The van der Waals surface area contributed by atoms with E-state index in [4.69, 9.17) is 0 Å². The molecule has 1 aliphatic carbocycles. The highest BCUT2D eigenvalue weighted by molar-refractivity contribution is 4.87. The number of hydrogen-bond donors (Lipinski definition) is 1. The predicted octanol–water partition coefficient (Wildman–Crippen LogP) is 2.89. The summed E-state index contributed by atoms with van der Waals surface area (Å²) in [6.45, 7) is 5.92. The Morgan fingerprint density at radius 2 is 2.17 bits per heavy atom. The molecule has 0 saturated heterocycles. The van der Waals surface area contributed by atoms with Crippen molar-refractivity contribution in [3.05, 3.63) is 12.2 Å². The van der Waals surface area contributed by atoms with Gasteiger partial charge in [-0.05, 0) is 44.9 Å². The van der Waals surface area contributed by atoms with Crippen LogP contribution in [0.5, 0.6) is 0 Å². The Labute approximate surface area is 75.5 Å². The van der Waals surface area contributed by atoms with Crippen molar-refractivity contribution in [3.8, 4) is 0 Å². The van der Waals surface area contributed by atoms with Crippen molar-refractivity contribution in [1.29, 1.82) is 0 Å². The van der Waals surface area contributed by atoms with Gasteiger partial charge in [0.05, 0.1) is 6.10 Å². The van der Waals surface area contributed by atoms with Crippen LogP contribution in [0, 0.1) is 5.92 Å². The lowest BCUT2D eigenvalue weighted by Gasteiger charge is -2.07. The van der Waals surface area contributed by atoms with Gasteiger partial charge in [0.1, 0.15) is 0 Å². The lowest BCUT2D eigenvalue weighted by Crippen LogP contribution is -2.08. The molecule has 0 radical (unpaired) electrons. The van der Waals surface area contributed by atoms with Crippen LogP contribution in [-0.4, -0.2) is 11.2 Å². The molecule has 70 valence electrons. The minimum absolute atomic E-state index is 0.00452. The van der Waals surface area contributed by atoms with E-state index in [2.05, 4.69) is 13.5 Å². The number of allylic oxidation sites excluding steroid dienone is 1. The molecule has 1 rings (SSSR count). The van der Waals surface area contributed by atoms with Crippen molar-refractivity contribution in [2.24, 2.45) is 5.92 Å². The SMILES string of the molecule is C=C(C)CCCCC(O)C1CC1. The van der Waals surface area contributed by atoms with Crippen LogP contribution in [-0.2, 0) is 0 Å². The first-order valence-corrected chi connectivity index (χ1v) is 5.02. The lowest BCUT2D eigenvalue weighted by molar-refractivity contribution is 0.138. The summed E-state index contributed by atoms with van der Waals surface area (Å²) < 4.78 is 0. The third-order valence-electron chi connectivity index (χ3n) is 2.52. The zero-order valence-electron chi connectivity index (χ0n) is 8.05. The molecular weight excluding hydrogens is 148 g/mol. The summed E-state index contributed by atoms with van der Waals surface area (Å²) in [5.74, 6) is 0.648. The monoisotopic (exact) mass is 168 g/mol. The van der Waals surface area contributed by atoms with Crippen LogP contribution in [0.15, 0.2) is 12.2 Å². The maximum absolute atomic E-state index is 9.53. The highest BCUT2D eigenvalue weighted by Crippen LogP contribution is 2.34. The molecule has 0 bridgehead atoms. The summed E-state index contributed by atoms with van der Waals surface area (Å²) in [4.78, 5) is 0. The van der Waals surface area contributed by atoms with Gasteiger partial charge in [0.2, 0.25) is 0 Å². The molecule has 1 unspecified atom stereocenters. The van der Waals surface area contributed by atoms with E-state index in [0.29, 0.717) is 5.92 Å². The summed E-state index contributed by atoms with van der Waals surface area (Å²) in [6.07, 6.45) is 6.97. The number of unbranched alkanes of at least 4 members (excludes halogenated alkanes) is 1. The molecule has 1 heteroatoms. The zero-order valence-corrected chi connectivity index (χ0v) is 8.05. The molecule has 0 spiro atoms. The van der Waals surface area contributed by atoms with Crippen LogP contribution in [0.2, 0.25) is 0 Å². The molecule has 0 amide bonds. The van der Waals surface area contributed by atoms with Crippen LogP contribution in [0.1, 0.15) is 45.4 Å². The van der Waals surface area contributed by atoms with E-state index in [1.54, 1.807) is 0 Å². The summed E-state index contributed by atoms with van der Waals surface area (Å²) in [7, 11) is 0. The number of rotatable bonds is 6. The first-order valence-electron chi connectivity index (χ1n) is 5.02. The Hall–Kier alpha value is -0.300. The molecular formula is C11H20O. The molecule has 1 aliphatic rings. The molecule has 0 aromatic carbocycles. The molecule has 0 heterocycles. The molecule has 1 fully saturated rings. The fourth-order valence-electron chi connectivity index (χ4n) is 1.50. The average molecular weight is 168 g/mol. The van der Waals surface area contributed by atoms with Crippen molar-refractivity contribution < 1.29 is 5.11 Å². The molecule has 1 nitrogen and oxygen atoms in total. The molecule has 1 atom stereocenters. The second kappa shape index (κ2) is 4.66. The first-order chi connectivity index (χ1) is 5.70. The van der Waals surface area contributed by atoms with Crippen LogP contribution < -0.4 is 0 Å². The molecule has 1 N–H and O–H groups in total. The number of hydrogen-bond acceptors (Lipinski definition) is 1. The van der Waals surface area contributed by atoms with E-state index in [9.17, 15) is 5.11 Å². The largest absolute Gasteiger partial charge is 0.393 e. The van der Waals surface area contributed by atoms with E-state index >= 15 is 0 Å². The van der Waals surface area contributed by atoms with E-state index in [1.807, 2.05) is 0 Å². The van der Waals surface area contributed by atoms with Gasteiger partial charge in [0.25, 0.3) is 0 Å². The average Bonchev–Trinajstić information content (AvgIpc) is 2.79. The molecule has 0 aromatic rings. The Morgan fingerprint density at radius 1 is 1.50 bits per heavy atom. The quantitative estimate of drug-likeness (QED) is 0.477. The maximum Gasteiger partial charge on any atom is 0.0568 e. The van der Waals surface area contributed by atoms with Gasteiger partial charge in [0.15, 0.2) is 0 Å². The van der Waals surface area contributed by atoms with Crippen molar-refractivity contribution in [3.63, 3.8) is 0 Å². The summed E-state index contributed by atoms with van der Waals surface area (Å²) in [5, 5.41) is 9.53. The topological polar surface area (TPSA) is 20.2 Å². The minimum atomic E-state index is -0.00452. The van der Waals surface area contributed by atoms with Gasteiger partial charge in [-0.3, -0.25) is 0 Å². The Balaban J connectivity index is 1.90. The van der Waals surface area contributed by atoms with Crippen LogP contribution >= 0.6 is 0 Å². The number of aliphatic hydroxyl groups is 1. The molecule has 12 heavy (non-hydrogen) atoms. The van der Waals surface area contributed by atoms with Crippen molar-refractivity contribution in [2.45, 2.75) is 51.6 Å². The van der Waals surface area contributed by atoms with Gasteiger partial charge in [-0.15, -0.1) is 6.58 Å². The summed E-state index contributed by atoms with van der Waals surface area (Å²) in [5.41, 5.74) is 1.26. The van der Waals surface area contributed by atoms with Crippen LogP contribution in [0.25, 0.3) is 0 Å². The minimum Gasteiger partial charge on any atom is -0.393 e. The first kappa shape index (κ1) is 9.79. The van der Waals surface area contributed by atoms with Gasteiger partial charge in [0, 0.05) is 0 Å². The van der Waals surface area contributed by atoms with Crippen LogP contribution in [0.4, 0.5) is 0 Å². The smallest absolute Gasteiger partial charge is 0.0568 e. The Bertz CT molecular complexity index is 147. The maximum atomic E-state index is 9.53. The second-order valence-electron chi connectivity index (χ2n) is 4.11. The predicted molar refractivity (Wildman–Crippen MR) is 52.0 cm³/mol. The highest BCUT2D eigenvalue weighted by Gasteiger charge is 2.28. The van der Waals surface area contributed by atoms with Crippen molar-refractivity contribution in [1.82, 2.24) is 0 Å². The summed E-state index contributed by atoms with van der Waals surface area (Å²) in [6, 6.07) is 0. The third-order valence-corrected chi connectivity index (χ3v) is 2.52. The molecule has 0 aliphatic heterocycles. The Kier molecular flexibility index (Phi) is 3.80. The highest BCUT2D eigenvalue weighted by atomic mass is 16.3. The zero-order chi connectivity index (χ0) is 8.97. The van der Waals surface area contributed by atoms with Gasteiger partial charge in [-0.2, -0.15) is 0 Å². The van der Waals surface area contributed by atoms with Gasteiger partial charge in [-0.1, -0.05) is 12.0 Å². The van der Waals surface area contributed by atoms with Crippen molar-refractivity contribution >= 4 is 0 Å². The van der Waals surface area contributed by atoms with E-state index in [0.717, 1.165) is 19.3 Å². The normalized spacial score (nSPS) is 19.2. The fourth-order valence-corrected chi connectivity index (χ4v) is 1.50. The lowest BCUT2D eigenvalue weighted by atomic mass is 10.1. The molecule has 0 aromatic heterocycles. The fraction of sp³-hybridized carbons (Fsp3) is 0.818. The van der Waals surface area contributed by atoms with E-state index in [1.165, 1.54) is 24.8 Å². The van der Waals surface area contributed by atoms with Gasteiger partial charge >= 0.3 is 0 Å². The standard InChI is InChI=1S/C11H20O/c1-9(2)5-3-4-6-11(12)10-7-8-10/h10-12H,1,3-8H2,2H3. The Morgan fingerprint density at radius 3 is 2.67 bits per heavy atom. The summed E-state index contributed by atoms with van der Waals surface area (Å²) >= 11 is 0. The van der Waals surface area contributed by atoms with Gasteiger partial charge < -0.3 is 5.11 Å². The van der Waals surface area contributed by atoms with Crippen molar-refractivity contribution in [2.75, 3.05) is 0 Å². The van der Waals surface area contributed by atoms with E-state index < -0.39 is 0 Å². The third kappa shape index (κ3) is 3.91. The number of aliphatic hydroxyl groups excluding tert-OH is 1. The van der Waals surface area contributed by atoms with Crippen LogP contribution in [0.3, 0.4) is 0 Å². The van der Waals surface area contributed by atoms with E-state index in [-0.39, 0.29) is 6.10 Å². The second-order valence-corrected chi connectivity index (χ2v) is 4.11. The van der Waals surface area contributed by atoms with Gasteiger partial charge in [-0.25, -0.2) is 0 Å².